The predicted molar refractivity (Wildman–Crippen MR) is 79.3 cm³/mol. The third kappa shape index (κ3) is 4.11. The van der Waals surface area contributed by atoms with Gasteiger partial charge >= 0.3 is 0 Å². The first-order chi connectivity index (χ1) is 9.69. The van der Waals surface area contributed by atoms with Gasteiger partial charge in [0.05, 0.1) is 12.4 Å². The van der Waals surface area contributed by atoms with Crippen LogP contribution in [0.1, 0.15) is 37.6 Å². The predicted octanol–water partition coefficient (Wildman–Crippen LogP) is 3.20. The standard InChI is InChI=1S/C16H22N2O2/c1-12(2)20-15-6-3-5-13(11-15)16(18-17)9-8-14-7-4-10-19-14/h3-7,10-12,16,18H,8-9,17H2,1-2H3. The van der Waals surface area contributed by atoms with Gasteiger partial charge in [0.2, 0.25) is 0 Å². The van der Waals surface area contributed by atoms with Crippen molar-refractivity contribution in [2.24, 2.45) is 5.84 Å². The van der Waals surface area contributed by atoms with E-state index in [1.807, 2.05) is 44.2 Å². The average Bonchev–Trinajstić information content (AvgIpc) is 2.92. The van der Waals surface area contributed by atoms with Crippen LogP contribution < -0.4 is 16.0 Å². The molecule has 2 aromatic rings. The molecule has 3 N–H and O–H groups in total. The van der Waals surface area contributed by atoms with Crippen LogP contribution in [0.5, 0.6) is 5.75 Å². The lowest BCUT2D eigenvalue weighted by Crippen LogP contribution is -2.28. The molecule has 108 valence electrons. The third-order valence-electron chi connectivity index (χ3n) is 3.09. The van der Waals surface area contributed by atoms with Gasteiger partial charge in [-0.3, -0.25) is 11.3 Å². The summed E-state index contributed by atoms with van der Waals surface area (Å²) in [4.78, 5) is 0. The molecule has 0 saturated carbocycles. The first-order valence-corrected chi connectivity index (χ1v) is 6.94. The molecule has 4 nitrogen and oxygen atoms in total. The van der Waals surface area contributed by atoms with E-state index in [1.54, 1.807) is 6.26 Å². The molecule has 1 heterocycles. The average molecular weight is 274 g/mol. The van der Waals surface area contributed by atoms with Crippen molar-refractivity contribution in [1.82, 2.24) is 5.43 Å². The minimum atomic E-state index is 0.0795. The van der Waals surface area contributed by atoms with Crippen molar-refractivity contribution < 1.29 is 9.15 Å². The van der Waals surface area contributed by atoms with Crippen molar-refractivity contribution in [2.45, 2.75) is 38.8 Å². The minimum Gasteiger partial charge on any atom is -0.491 e. The number of benzene rings is 1. The molecule has 20 heavy (non-hydrogen) atoms. The Balaban J connectivity index is 2.02. The van der Waals surface area contributed by atoms with Crippen molar-refractivity contribution in [3.63, 3.8) is 0 Å². The summed E-state index contributed by atoms with van der Waals surface area (Å²) < 4.78 is 11.1. The summed E-state index contributed by atoms with van der Waals surface area (Å²) in [5.74, 6) is 7.52. The highest BCUT2D eigenvalue weighted by Gasteiger charge is 2.12. The van der Waals surface area contributed by atoms with E-state index in [4.69, 9.17) is 15.0 Å². The maximum absolute atomic E-state index is 5.71. The molecule has 0 radical (unpaired) electrons. The quantitative estimate of drug-likeness (QED) is 0.601. The summed E-state index contributed by atoms with van der Waals surface area (Å²) in [5.41, 5.74) is 3.99. The van der Waals surface area contributed by atoms with Gasteiger partial charge in [0.1, 0.15) is 11.5 Å². The van der Waals surface area contributed by atoms with Gasteiger partial charge in [-0.1, -0.05) is 12.1 Å². The largest absolute Gasteiger partial charge is 0.491 e. The highest BCUT2D eigenvalue weighted by Crippen LogP contribution is 2.23. The number of ether oxygens (including phenoxy) is 1. The fraction of sp³-hybridized carbons (Fsp3) is 0.375. The van der Waals surface area contributed by atoms with Gasteiger partial charge in [0, 0.05) is 12.5 Å². The number of hydrogen-bond acceptors (Lipinski definition) is 4. The number of hydrazine groups is 1. The van der Waals surface area contributed by atoms with Gasteiger partial charge in [-0.15, -0.1) is 0 Å². The summed E-state index contributed by atoms with van der Waals surface area (Å²) in [6.07, 6.45) is 3.57. The SMILES string of the molecule is CC(C)Oc1cccc(C(CCc2ccco2)NN)c1. The van der Waals surface area contributed by atoms with Gasteiger partial charge in [-0.05, 0) is 50.1 Å². The second-order valence-corrected chi connectivity index (χ2v) is 5.08. The van der Waals surface area contributed by atoms with Crippen molar-refractivity contribution in [3.05, 3.63) is 54.0 Å². The van der Waals surface area contributed by atoms with E-state index in [9.17, 15) is 0 Å². The molecular formula is C16H22N2O2. The smallest absolute Gasteiger partial charge is 0.120 e. The summed E-state index contributed by atoms with van der Waals surface area (Å²) in [6, 6.07) is 12.0. The lowest BCUT2D eigenvalue weighted by Gasteiger charge is -2.17. The van der Waals surface area contributed by atoms with Gasteiger partial charge in [0.15, 0.2) is 0 Å². The second-order valence-electron chi connectivity index (χ2n) is 5.08. The molecule has 2 rings (SSSR count). The molecule has 0 saturated heterocycles. The van der Waals surface area contributed by atoms with Gasteiger partial charge < -0.3 is 9.15 Å². The van der Waals surface area contributed by atoms with E-state index in [1.165, 1.54) is 0 Å². The molecule has 0 aliphatic heterocycles. The first-order valence-electron chi connectivity index (χ1n) is 6.94. The number of furan rings is 1. The van der Waals surface area contributed by atoms with Crippen molar-refractivity contribution in [2.75, 3.05) is 0 Å². The maximum atomic E-state index is 5.71. The highest BCUT2D eigenvalue weighted by molar-refractivity contribution is 5.30. The molecular weight excluding hydrogens is 252 g/mol. The monoisotopic (exact) mass is 274 g/mol. The zero-order valence-electron chi connectivity index (χ0n) is 12.0. The number of nitrogens with two attached hydrogens (primary N) is 1. The normalized spacial score (nSPS) is 12.6. The van der Waals surface area contributed by atoms with Crippen molar-refractivity contribution in [3.8, 4) is 5.75 Å². The Labute approximate surface area is 119 Å². The topological polar surface area (TPSA) is 60.4 Å². The molecule has 1 unspecified atom stereocenters. The Morgan fingerprint density at radius 2 is 2.10 bits per heavy atom. The molecule has 0 aliphatic rings. The lowest BCUT2D eigenvalue weighted by molar-refractivity contribution is 0.242. The summed E-state index contributed by atoms with van der Waals surface area (Å²) >= 11 is 0. The number of aryl methyl sites for hydroxylation is 1. The van der Waals surface area contributed by atoms with Crippen molar-refractivity contribution in [1.29, 1.82) is 0 Å². The number of hydrogen-bond donors (Lipinski definition) is 2. The Morgan fingerprint density at radius 3 is 2.75 bits per heavy atom. The van der Waals surface area contributed by atoms with E-state index >= 15 is 0 Å². The van der Waals surface area contributed by atoms with Crippen LogP contribution in [0, 0.1) is 0 Å². The van der Waals surface area contributed by atoms with Gasteiger partial charge in [-0.25, -0.2) is 0 Å². The highest BCUT2D eigenvalue weighted by atomic mass is 16.5. The van der Waals surface area contributed by atoms with Gasteiger partial charge in [0.25, 0.3) is 0 Å². The van der Waals surface area contributed by atoms with E-state index in [2.05, 4.69) is 11.5 Å². The molecule has 4 heteroatoms. The van der Waals surface area contributed by atoms with E-state index in [0.717, 1.165) is 29.9 Å². The minimum absolute atomic E-state index is 0.0795. The molecule has 0 aliphatic carbocycles. The molecule has 1 aromatic heterocycles. The Bertz CT molecular complexity index is 509. The Morgan fingerprint density at radius 1 is 1.25 bits per heavy atom. The molecule has 0 spiro atoms. The molecule has 0 bridgehead atoms. The van der Waals surface area contributed by atoms with E-state index in [-0.39, 0.29) is 12.1 Å². The van der Waals surface area contributed by atoms with Crippen LogP contribution >= 0.6 is 0 Å². The van der Waals surface area contributed by atoms with Crippen LogP contribution in [0.15, 0.2) is 47.1 Å². The number of nitrogens with one attached hydrogen (secondary N) is 1. The van der Waals surface area contributed by atoms with Crippen molar-refractivity contribution >= 4 is 0 Å². The third-order valence-corrected chi connectivity index (χ3v) is 3.09. The Hall–Kier alpha value is -1.78. The first kappa shape index (κ1) is 14.6. The van der Waals surface area contributed by atoms with Gasteiger partial charge in [-0.2, -0.15) is 0 Å². The van der Waals surface area contributed by atoms with E-state index < -0.39 is 0 Å². The molecule has 0 amide bonds. The maximum Gasteiger partial charge on any atom is 0.120 e. The zero-order chi connectivity index (χ0) is 14.4. The van der Waals surface area contributed by atoms with Crippen LogP contribution in [0.2, 0.25) is 0 Å². The van der Waals surface area contributed by atoms with Crippen LogP contribution in [-0.2, 0) is 6.42 Å². The molecule has 1 aromatic carbocycles. The molecule has 1 atom stereocenters. The summed E-state index contributed by atoms with van der Waals surface area (Å²) in [5, 5.41) is 0. The van der Waals surface area contributed by atoms with Crippen LogP contribution in [-0.4, -0.2) is 6.10 Å². The zero-order valence-corrected chi connectivity index (χ0v) is 12.0. The summed E-state index contributed by atoms with van der Waals surface area (Å²) in [7, 11) is 0. The molecule has 0 fully saturated rings. The Kier molecular flexibility index (Phi) is 5.21. The number of rotatable bonds is 7. The van der Waals surface area contributed by atoms with E-state index in [0.29, 0.717) is 0 Å². The second kappa shape index (κ2) is 7.12. The summed E-state index contributed by atoms with van der Waals surface area (Å²) in [6.45, 7) is 4.03. The van der Waals surface area contributed by atoms with Crippen LogP contribution in [0.3, 0.4) is 0 Å². The van der Waals surface area contributed by atoms with Crippen LogP contribution in [0.4, 0.5) is 0 Å². The fourth-order valence-corrected chi connectivity index (χ4v) is 2.16. The van der Waals surface area contributed by atoms with Crippen LogP contribution in [0.25, 0.3) is 0 Å². The lowest BCUT2D eigenvalue weighted by atomic mass is 10.0. The fourth-order valence-electron chi connectivity index (χ4n) is 2.16.